The van der Waals surface area contributed by atoms with E-state index in [1.807, 2.05) is 6.07 Å². The van der Waals surface area contributed by atoms with Gasteiger partial charge in [0.25, 0.3) is 0 Å². The first-order valence-corrected chi connectivity index (χ1v) is 12.8. The summed E-state index contributed by atoms with van der Waals surface area (Å²) in [7, 11) is 1.56. The van der Waals surface area contributed by atoms with E-state index in [-0.39, 0.29) is 17.8 Å². The molecule has 35 heavy (non-hydrogen) atoms. The number of methoxy groups -OCH3 is 1. The summed E-state index contributed by atoms with van der Waals surface area (Å²) < 4.78 is 20.3. The molecule has 10 heteroatoms. The summed E-state index contributed by atoms with van der Waals surface area (Å²) in [6, 6.07) is 7.58. The second-order valence-corrected chi connectivity index (χ2v) is 10.6. The minimum atomic E-state index is -0.326. The van der Waals surface area contributed by atoms with Crippen molar-refractivity contribution in [1.82, 2.24) is 24.8 Å². The number of nitrogens with zero attached hydrogens (tertiary/aromatic N) is 5. The normalized spacial score (nSPS) is 23.2. The van der Waals surface area contributed by atoms with E-state index in [0.29, 0.717) is 45.9 Å². The average molecular weight is 495 g/mol. The molecule has 182 valence electrons. The lowest BCUT2D eigenvalue weighted by Gasteiger charge is -2.28. The Morgan fingerprint density at radius 1 is 1.17 bits per heavy atom. The number of amides is 1. The van der Waals surface area contributed by atoms with Crippen LogP contribution in [0, 0.1) is 17.7 Å². The van der Waals surface area contributed by atoms with Crippen LogP contribution in [0.4, 0.5) is 10.2 Å². The molecule has 3 aromatic heterocycles. The quantitative estimate of drug-likeness (QED) is 0.578. The monoisotopic (exact) mass is 494 g/mol. The molecule has 6 rings (SSSR count). The van der Waals surface area contributed by atoms with Crippen molar-refractivity contribution >= 4 is 34.5 Å². The van der Waals surface area contributed by atoms with Crippen molar-refractivity contribution in [3.63, 3.8) is 0 Å². The van der Waals surface area contributed by atoms with Crippen molar-refractivity contribution in [2.75, 3.05) is 44.4 Å². The SMILES string of the molecule is COc1ccc2ncc(F)c(C(C)N3CC4CN(Cc5ccc6c(n5)NC(=O)CS6)CC4C3)c2n1. The molecule has 2 fully saturated rings. The van der Waals surface area contributed by atoms with E-state index in [9.17, 15) is 9.18 Å². The zero-order chi connectivity index (χ0) is 24.1. The molecule has 3 atom stereocenters. The number of anilines is 1. The number of hydrogen-bond donors (Lipinski definition) is 1. The maximum atomic E-state index is 15.0. The van der Waals surface area contributed by atoms with Crippen molar-refractivity contribution in [2.24, 2.45) is 11.8 Å². The minimum absolute atomic E-state index is 0.00382. The summed E-state index contributed by atoms with van der Waals surface area (Å²) >= 11 is 1.53. The molecule has 8 nitrogen and oxygen atoms in total. The van der Waals surface area contributed by atoms with E-state index in [1.54, 1.807) is 13.2 Å². The van der Waals surface area contributed by atoms with Crippen LogP contribution >= 0.6 is 11.8 Å². The molecule has 3 aromatic rings. The Balaban J connectivity index is 1.14. The van der Waals surface area contributed by atoms with E-state index >= 15 is 0 Å². The van der Waals surface area contributed by atoms with Crippen molar-refractivity contribution in [1.29, 1.82) is 0 Å². The van der Waals surface area contributed by atoms with Gasteiger partial charge in [-0.15, -0.1) is 11.8 Å². The Bertz CT molecular complexity index is 1290. The van der Waals surface area contributed by atoms with Crippen LogP contribution in [0.3, 0.4) is 0 Å². The molecule has 0 radical (unpaired) electrons. The number of thioether (sulfide) groups is 1. The topological polar surface area (TPSA) is 83.5 Å². The van der Waals surface area contributed by atoms with Gasteiger partial charge in [0.05, 0.1) is 35.2 Å². The Kier molecular flexibility index (Phi) is 5.82. The van der Waals surface area contributed by atoms with Gasteiger partial charge in [0.15, 0.2) is 0 Å². The van der Waals surface area contributed by atoms with E-state index in [1.165, 1.54) is 18.0 Å². The molecule has 0 bridgehead atoms. The number of likely N-dealkylation sites (tertiary alicyclic amines) is 2. The fourth-order valence-electron chi connectivity index (χ4n) is 5.63. The van der Waals surface area contributed by atoms with Crippen molar-refractivity contribution < 1.29 is 13.9 Å². The van der Waals surface area contributed by atoms with Gasteiger partial charge in [0.2, 0.25) is 11.8 Å². The standard InChI is InChI=1S/C25H27FN6O2S/c1-14(23-18(26)7-27-19-4-6-22(34-2)30-24(19)23)32-10-15-8-31(9-16(15)11-32)12-17-3-5-20-25(28-17)29-21(33)13-35-20/h3-7,14-16H,8-13H2,1-2H3,(H,28,29,33). The summed E-state index contributed by atoms with van der Waals surface area (Å²) in [5, 5.41) is 2.88. The number of carbonyl (C=O) groups excluding carboxylic acids is 1. The molecule has 0 saturated carbocycles. The van der Waals surface area contributed by atoms with Gasteiger partial charge in [-0.25, -0.2) is 14.4 Å². The molecule has 3 unspecified atom stereocenters. The molecule has 2 saturated heterocycles. The van der Waals surface area contributed by atoms with E-state index in [2.05, 4.69) is 49.1 Å². The number of aromatic nitrogens is 3. The average Bonchev–Trinajstić information content (AvgIpc) is 3.42. The summed E-state index contributed by atoms with van der Waals surface area (Å²) in [6.07, 6.45) is 1.30. The van der Waals surface area contributed by atoms with Crippen LogP contribution < -0.4 is 10.1 Å². The highest BCUT2D eigenvalue weighted by Crippen LogP contribution is 2.38. The number of ether oxygens (including phenoxy) is 1. The first kappa shape index (κ1) is 22.6. The number of rotatable bonds is 5. The predicted octanol–water partition coefficient (Wildman–Crippen LogP) is 3.34. The van der Waals surface area contributed by atoms with Crippen molar-refractivity contribution in [3.05, 3.63) is 47.5 Å². The first-order chi connectivity index (χ1) is 17.0. The van der Waals surface area contributed by atoms with E-state index in [4.69, 9.17) is 4.74 Å². The van der Waals surface area contributed by atoms with Crippen LogP contribution in [0.2, 0.25) is 0 Å². The third-order valence-electron chi connectivity index (χ3n) is 7.36. The van der Waals surface area contributed by atoms with Gasteiger partial charge in [-0.2, -0.15) is 0 Å². The van der Waals surface area contributed by atoms with Gasteiger partial charge < -0.3 is 10.1 Å². The van der Waals surface area contributed by atoms with Gasteiger partial charge in [0, 0.05) is 50.4 Å². The summed E-state index contributed by atoms with van der Waals surface area (Å²) in [4.78, 5) is 31.0. The van der Waals surface area contributed by atoms with Gasteiger partial charge in [-0.3, -0.25) is 19.6 Å². The lowest BCUT2D eigenvalue weighted by molar-refractivity contribution is -0.113. The molecule has 3 aliphatic heterocycles. The summed E-state index contributed by atoms with van der Waals surface area (Å²) in [5.74, 6) is 2.33. The highest BCUT2D eigenvalue weighted by molar-refractivity contribution is 8.00. The zero-order valence-corrected chi connectivity index (χ0v) is 20.5. The van der Waals surface area contributed by atoms with E-state index in [0.717, 1.165) is 43.3 Å². The number of pyridine rings is 3. The molecular formula is C25H27FN6O2S. The first-order valence-electron chi connectivity index (χ1n) is 11.9. The second kappa shape index (κ2) is 9.00. The molecule has 0 spiro atoms. The fourth-order valence-corrected chi connectivity index (χ4v) is 6.39. The van der Waals surface area contributed by atoms with Crippen LogP contribution in [0.15, 0.2) is 35.4 Å². The highest BCUT2D eigenvalue weighted by atomic mass is 32.2. The number of fused-ring (bicyclic) bond motifs is 3. The van der Waals surface area contributed by atoms with Crippen LogP contribution in [-0.4, -0.2) is 69.7 Å². The Labute approximate surface area is 207 Å². The fraction of sp³-hybridized carbons (Fsp3) is 0.440. The number of halogens is 1. The molecule has 0 aliphatic carbocycles. The lowest BCUT2D eigenvalue weighted by Crippen LogP contribution is -2.31. The third-order valence-corrected chi connectivity index (χ3v) is 8.41. The smallest absolute Gasteiger partial charge is 0.235 e. The van der Waals surface area contributed by atoms with Crippen LogP contribution in [-0.2, 0) is 11.3 Å². The predicted molar refractivity (Wildman–Crippen MR) is 132 cm³/mol. The Morgan fingerprint density at radius 2 is 1.97 bits per heavy atom. The van der Waals surface area contributed by atoms with Crippen LogP contribution in [0.1, 0.15) is 24.2 Å². The van der Waals surface area contributed by atoms with Gasteiger partial charge in [0.1, 0.15) is 17.2 Å². The molecule has 0 aromatic carbocycles. The number of nitrogens with one attached hydrogen (secondary N) is 1. The maximum absolute atomic E-state index is 15.0. The minimum Gasteiger partial charge on any atom is -0.481 e. The molecule has 1 amide bonds. The van der Waals surface area contributed by atoms with Gasteiger partial charge >= 0.3 is 0 Å². The van der Waals surface area contributed by atoms with Crippen LogP contribution in [0.5, 0.6) is 5.88 Å². The molecule has 6 heterocycles. The second-order valence-electron chi connectivity index (χ2n) is 9.57. The molecule has 3 aliphatic rings. The van der Waals surface area contributed by atoms with Crippen LogP contribution in [0.25, 0.3) is 11.0 Å². The van der Waals surface area contributed by atoms with Gasteiger partial charge in [-0.05, 0) is 37.0 Å². The van der Waals surface area contributed by atoms with Crippen molar-refractivity contribution in [2.45, 2.75) is 24.4 Å². The zero-order valence-electron chi connectivity index (χ0n) is 19.7. The number of hydrogen-bond acceptors (Lipinski definition) is 8. The summed E-state index contributed by atoms with van der Waals surface area (Å²) in [6.45, 7) is 6.63. The number of carbonyl (C=O) groups is 1. The van der Waals surface area contributed by atoms with Gasteiger partial charge in [-0.1, -0.05) is 0 Å². The summed E-state index contributed by atoms with van der Waals surface area (Å²) in [5.41, 5.74) is 2.80. The Morgan fingerprint density at radius 3 is 2.74 bits per heavy atom. The maximum Gasteiger partial charge on any atom is 0.235 e. The molecular weight excluding hydrogens is 467 g/mol. The third kappa shape index (κ3) is 4.23. The Hall–Kier alpha value is -2.82. The van der Waals surface area contributed by atoms with Crippen molar-refractivity contribution in [3.8, 4) is 5.88 Å². The lowest BCUT2D eigenvalue weighted by atomic mass is 10.0. The van der Waals surface area contributed by atoms with E-state index < -0.39 is 0 Å². The highest BCUT2D eigenvalue weighted by Gasteiger charge is 2.42. The largest absolute Gasteiger partial charge is 0.481 e. The molecule has 1 N–H and O–H groups in total.